The molecule has 3 N–H and O–H groups in total. The number of anilines is 1. The fourth-order valence-electron chi connectivity index (χ4n) is 5.27. The molecular weight excluding hydrogens is 416 g/mol. The maximum absolute atomic E-state index is 13.2. The first kappa shape index (κ1) is 20.1. The number of nitrogens with one attached hydrogen (secondary N) is 2. The van der Waals surface area contributed by atoms with E-state index in [0.29, 0.717) is 22.7 Å². The predicted molar refractivity (Wildman–Crippen MR) is 115 cm³/mol. The fraction of sp³-hybridized carbons (Fsp3) is 0.435. The van der Waals surface area contributed by atoms with Gasteiger partial charge in [-0.2, -0.15) is 0 Å². The van der Waals surface area contributed by atoms with E-state index in [1.807, 2.05) is 12.2 Å². The molecule has 8 heteroatoms. The van der Waals surface area contributed by atoms with Crippen LogP contribution in [0.5, 0.6) is 0 Å². The lowest BCUT2D eigenvalue weighted by atomic mass is 9.82. The van der Waals surface area contributed by atoms with Gasteiger partial charge in [-0.15, -0.1) is 11.3 Å². The van der Waals surface area contributed by atoms with Gasteiger partial charge in [0.15, 0.2) is 0 Å². The van der Waals surface area contributed by atoms with E-state index in [-0.39, 0.29) is 30.2 Å². The molecule has 3 aliphatic rings. The normalized spacial score (nSPS) is 25.9. The molecule has 162 valence electrons. The van der Waals surface area contributed by atoms with Crippen molar-refractivity contribution < 1.29 is 23.9 Å². The summed E-state index contributed by atoms with van der Waals surface area (Å²) in [5, 5.41) is 16.0. The van der Waals surface area contributed by atoms with Crippen LogP contribution in [0.1, 0.15) is 45.8 Å². The van der Waals surface area contributed by atoms with E-state index in [1.165, 1.54) is 11.3 Å². The largest absolute Gasteiger partial charge is 0.481 e. The number of fused-ring (bicyclic) bond motifs is 3. The molecule has 1 fully saturated rings. The van der Waals surface area contributed by atoms with Gasteiger partial charge in [0, 0.05) is 4.88 Å². The molecule has 2 amide bonds. The SMILES string of the molecule is O=C(NCc1ccco1)c1c(NC(=O)[C@H]2[C@H](C(=O)O)[C@H]3C=C[C@H]2C3)sc2c1CCCC2. The average Bonchev–Trinajstić information content (AvgIpc) is 3.54. The molecule has 0 radical (unpaired) electrons. The molecule has 0 aliphatic heterocycles. The van der Waals surface area contributed by atoms with E-state index < -0.39 is 17.8 Å². The first-order valence-electron chi connectivity index (χ1n) is 10.7. The number of carboxylic acid groups (broad SMARTS) is 1. The topological polar surface area (TPSA) is 109 Å². The minimum Gasteiger partial charge on any atom is -0.481 e. The smallest absolute Gasteiger partial charge is 0.307 e. The molecular formula is C23H24N2O5S. The summed E-state index contributed by atoms with van der Waals surface area (Å²) in [4.78, 5) is 39.2. The number of carboxylic acids is 1. The number of aliphatic carboxylic acids is 1. The third-order valence-corrected chi connectivity index (χ3v) is 7.89. The molecule has 31 heavy (non-hydrogen) atoms. The van der Waals surface area contributed by atoms with Crippen LogP contribution in [0.25, 0.3) is 0 Å². The van der Waals surface area contributed by atoms with Crippen LogP contribution in [0, 0.1) is 23.7 Å². The predicted octanol–water partition coefficient (Wildman–Crippen LogP) is 3.61. The zero-order valence-corrected chi connectivity index (χ0v) is 17.7. The standard InChI is InChI=1S/C23H24N2O5S/c26-20(24-11-14-4-3-9-30-14)19-15-5-1-2-6-16(15)31-22(19)25-21(27)17-12-7-8-13(10-12)18(17)23(28)29/h3-4,7-9,12-13,17-18H,1-2,5-6,10-11H2,(H,24,26)(H,25,27)(H,28,29)/t12-,13-,17+,18+/m0/s1. The van der Waals surface area contributed by atoms with Gasteiger partial charge in [-0.05, 0) is 61.6 Å². The fourth-order valence-corrected chi connectivity index (χ4v) is 6.56. The molecule has 2 bridgehead atoms. The van der Waals surface area contributed by atoms with Crippen molar-refractivity contribution in [3.8, 4) is 0 Å². The van der Waals surface area contributed by atoms with Crippen LogP contribution in [-0.2, 0) is 29.0 Å². The van der Waals surface area contributed by atoms with Gasteiger partial charge >= 0.3 is 5.97 Å². The molecule has 0 unspecified atom stereocenters. The average molecular weight is 441 g/mol. The molecule has 4 atom stereocenters. The highest BCUT2D eigenvalue weighted by atomic mass is 32.1. The number of hydrogen-bond acceptors (Lipinski definition) is 5. The summed E-state index contributed by atoms with van der Waals surface area (Å²) >= 11 is 1.45. The lowest BCUT2D eigenvalue weighted by Crippen LogP contribution is -2.36. The van der Waals surface area contributed by atoms with Crippen LogP contribution in [0.4, 0.5) is 5.00 Å². The number of amides is 2. The number of carbonyl (C=O) groups is 3. The molecule has 5 rings (SSSR count). The summed E-state index contributed by atoms with van der Waals surface area (Å²) < 4.78 is 5.29. The van der Waals surface area contributed by atoms with E-state index in [0.717, 1.165) is 36.1 Å². The van der Waals surface area contributed by atoms with E-state index in [4.69, 9.17) is 4.42 Å². The Labute approximate surface area is 183 Å². The number of rotatable bonds is 6. The highest BCUT2D eigenvalue weighted by Gasteiger charge is 2.51. The Morgan fingerprint density at radius 3 is 2.65 bits per heavy atom. The van der Waals surface area contributed by atoms with E-state index in [9.17, 15) is 19.5 Å². The Hall–Kier alpha value is -2.87. The minimum atomic E-state index is -0.932. The first-order valence-corrected chi connectivity index (χ1v) is 11.5. The van der Waals surface area contributed by atoms with Crippen molar-refractivity contribution in [3.05, 3.63) is 52.3 Å². The summed E-state index contributed by atoms with van der Waals surface area (Å²) in [6.07, 6.45) is 9.91. The Balaban J connectivity index is 1.40. The van der Waals surface area contributed by atoms with Gasteiger partial charge in [0.1, 0.15) is 10.8 Å². The highest BCUT2D eigenvalue weighted by molar-refractivity contribution is 7.17. The summed E-state index contributed by atoms with van der Waals surface area (Å²) in [6, 6.07) is 3.56. The van der Waals surface area contributed by atoms with Gasteiger partial charge in [-0.3, -0.25) is 14.4 Å². The summed E-state index contributed by atoms with van der Waals surface area (Å²) in [7, 11) is 0. The maximum Gasteiger partial charge on any atom is 0.307 e. The number of carbonyl (C=O) groups excluding carboxylic acids is 2. The quantitative estimate of drug-likeness (QED) is 0.595. The Morgan fingerprint density at radius 2 is 1.90 bits per heavy atom. The zero-order valence-electron chi connectivity index (χ0n) is 16.9. The van der Waals surface area contributed by atoms with Crippen molar-refractivity contribution in [2.24, 2.45) is 23.7 Å². The first-order chi connectivity index (χ1) is 15.0. The van der Waals surface area contributed by atoms with Crippen LogP contribution >= 0.6 is 11.3 Å². The molecule has 2 aromatic rings. The van der Waals surface area contributed by atoms with Gasteiger partial charge in [-0.1, -0.05) is 12.2 Å². The number of furan rings is 1. The number of allylic oxidation sites excluding steroid dienone is 2. The van der Waals surface area contributed by atoms with Crippen LogP contribution in [0.2, 0.25) is 0 Å². The highest BCUT2D eigenvalue weighted by Crippen LogP contribution is 2.49. The van der Waals surface area contributed by atoms with E-state index in [2.05, 4.69) is 10.6 Å². The van der Waals surface area contributed by atoms with Crippen molar-refractivity contribution in [3.63, 3.8) is 0 Å². The number of aryl methyl sites for hydroxylation is 1. The number of hydrogen-bond donors (Lipinski definition) is 3. The van der Waals surface area contributed by atoms with Gasteiger partial charge in [-0.25, -0.2) is 0 Å². The van der Waals surface area contributed by atoms with Crippen molar-refractivity contribution in [2.75, 3.05) is 5.32 Å². The van der Waals surface area contributed by atoms with Gasteiger partial charge in [0.25, 0.3) is 5.91 Å². The van der Waals surface area contributed by atoms with Crippen molar-refractivity contribution in [2.45, 2.75) is 38.6 Å². The van der Waals surface area contributed by atoms with Crippen LogP contribution < -0.4 is 10.6 Å². The Bertz CT molecular complexity index is 1050. The monoisotopic (exact) mass is 440 g/mol. The summed E-state index contributed by atoms with van der Waals surface area (Å²) in [6.45, 7) is 0.266. The van der Waals surface area contributed by atoms with E-state index in [1.54, 1.807) is 18.4 Å². The van der Waals surface area contributed by atoms with Crippen molar-refractivity contribution in [1.82, 2.24) is 5.32 Å². The molecule has 7 nitrogen and oxygen atoms in total. The second-order valence-electron chi connectivity index (χ2n) is 8.50. The zero-order chi connectivity index (χ0) is 21.5. The Kier molecular flexibility index (Phi) is 5.17. The number of thiophene rings is 1. The third kappa shape index (κ3) is 3.59. The van der Waals surface area contributed by atoms with Crippen molar-refractivity contribution >= 4 is 34.1 Å². The lowest BCUT2D eigenvalue weighted by molar-refractivity contribution is -0.146. The van der Waals surface area contributed by atoms with Crippen LogP contribution in [-0.4, -0.2) is 22.9 Å². The molecule has 2 aromatic heterocycles. The maximum atomic E-state index is 13.2. The summed E-state index contributed by atoms with van der Waals surface area (Å²) in [5.41, 5.74) is 1.52. The third-order valence-electron chi connectivity index (χ3n) is 6.69. The van der Waals surface area contributed by atoms with E-state index >= 15 is 0 Å². The molecule has 0 aromatic carbocycles. The minimum absolute atomic E-state index is 0.0584. The second kappa shape index (κ2) is 8.00. The van der Waals surface area contributed by atoms with Crippen LogP contribution in [0.15, 0.2) is 35.0 Å². The van der Waals surface area contributed by atoms with Crippen LogP contribution in [0.3, 0.4) is 0 Å². The van der Waals surface area contributed by atoms with Gasteiger partial charge in [0.2, 0.25) is 5.91 Å². The molecule has 3 aliphatic carbocycles. The molecule has 1 saturated carbocycles. The summed E-state index contributed by atoms with van der Waals surface area (Å²) in [5.74, 6) is -2.29. The van der Waals surface area contributed by atoms with Crippen molar-refractivity contribution in [1.29, 1.82) is 0 Å². The molecule has 0 saturated heterocycles. The lowest BCUT2D eigenvalue weighted by Gasteiger charge is -2.23. The molecule has 2 heterocycles. The second-order valence-corrected chi connectivity index (χ2v) is 9.61. The van der Waals surface area contributed by atoms with Gasteiger partial charge in [0.05, 0.1) is 30.2 Å². The Morgan fingerprint density at radius 1 is 1.13 bits per heavy atom. The van der Waals surface area contributed by atoms with Gasteiger partial charge < -0.3 is 20.2 Å². The molecule has 0 spiro atoms.